The third-order valence-corrected chi connectivity index (χ3v) is 2.21. The number of nitrogens with two attached hydrogens (primary N) is 1. The molecule has 0 spiro atoms. The minimum absolute atomic E-state index is 0.374. The first kappa shape index (κ1) is 14.4. The maximum absolute atomic E-state index is 13.4. The predicted molar refractivity (Wildman–Crippen MR) is 60.8 cm³/mol. The van der Waals surface area contributed by atoms with E-state index >= 15 is 0 Å². The van der Waals surface area contributed by atoms with E-state index in [9.17, 15) is 18.8 Å². The number of carbonyl (C=O) groups is 3. The minimum Gasteiger partial charge on any atom is -0.508 e. The molecule has 0 aliphatic heterocycles. The molecule has 1 aromatic carbocycles. The van der Waals surface area contributed by atoms with Crippen LogP contribution >= 0.6 is 0 Å². The van der Waals surface area contributed by atoms with Gasteiger partial charge in [-0.05, 0) is 12.1 Å². The van der Waals surface area contributed by atoms with Gasteiger partial charge in [0.1, 0.15) is 17.6 Å². The molecule has 5 N–H and O–H groups in total. The fourth-order valence-electron chi connectivity index (χ4n) is 1.33. The number of hydrogen-bond acceptors (Lipinski definition) is 4. The second kappa shape index (κ2) is 5.80. The van der Waals surface area contributed by atoms with Crippen LogP contribution in [0.3, 0.4) is 0 Å². The number of carboxylic acids is 1. The summed E-state index contributed by atoms with van der Waals surface area (Å²) >= 11 is 0. The topological polar surface area (TPSA) is 130 Å². The molecule has 0 aliphatic rings. The van der Waals surface area contributed by atoms with Crippen LogP contribution in [0.1, 0.15) is 16.8 Å². The highest BCUT2D eigenvalue weighted by molar-refractivity contribution is 5.97. The summed E-state index contributed by atoms with van der Waals surface area (Å²) < 4.78 is 13.4. The van der Waals surface area contributed by atoms with Crippen LogP contribution in [0.2, 0.25) is 0 Å². The molecule has 0 aliphatic carbocycles. The van der Waals surface area contributed by atoms with Gasteiger partial charge in [0, 0.05) is 6.07 Å². The Balaban J connectivity index is 2.87. The van der Waals surface area contributed by atoms with Gasteiger partial charge in [-0.15, -0.1) is 0 Å². The maximum Gasteiger partial charge on any atom is 0.326 e. The molecular weight excluding hydrogens is 259 g/mol. The third-order valence-electron chi connectivity index (χ3n) is 2.21. The van der Waals surface area contributed by atoms with Gasteiger partial charge in [0.05, 0.1) is 12.0 Å². The van der Waals surface area contributed by atoms with Gasteiger partial charge in [-0.3, -0.25) is 9.59 Å². The molecule has 0 fully saturated rings. The molecule has 0 aromatic heterocycles. The number of carboxylic acid groups (broad SMARTS) is 1. The number of carbonyl (C=O) groups excluding carboxylic acids is 2. The average Bonchev–Trinajstić information content (AvgIpc) is 2.26. The van der Waals surface area contributed by atoms with Gasteiger partial charge in [0.25, 0.3) is 5.91 Å². The zero-order valence-electron chi connectivity index (χ0n) is 9.59. The Morgan fingerprint density at radius 3 is 2.47 bits per heavy atom. The first-order valence-corrected chi connectivity index (χ1v) is 5.11. The highest BCUT2D eigenvalue weighted by Gasteiger charge is 2.24. The predicted octanol–water partition coefficient (Wildman–Crippen LogP) is -0.410. The van der Waals surface area contributed by atoms with E-state index in [1.165, 1.54) is 0 Å². The lowest BCUT2D eigenvalue weighted by molar-refractivity contribution is -0.140. The van der Waals surface area contributed by atoms with E-state index in [0.29, 0.717) is 6.07 Å². The molecule has 7 nitrogen and oxygen atoms in total. The van der Waals surface area contributed by atoms with Crippen molar-refractivity contribution in [2.24, 2.45) is 5.73 Å². The SMILES string of the molecule is NC(=O)C[C@H](NC(=O)c1ccc(O)cc1F)C(=O)O. The Morgan fingerprint density at radius 1 is 1.37 bits per heavy atom. The van der Waals surface area contributed by atoms with Gasteiger partial charge >= 0.3 is 5.97 Å². The number of rotatable bonds is 5. The Kier molecular flexibility index (Phi) is 4.41. The normalized spacial score (nSPS) is 11.6. The summed E-state index contributed by atoms with van der Waals surface area (Å²) in [6, 6.07) is 1.22. The number of hydrogen-bond donors (Lipinski definition) is 4. The zero-order chi connectivity index (χ0) is 14.6. The number of nitrogens with one attached hydrogen (secondary N) is 1. The van der Waals surface area contributed by atoms with Gasteiger partial charge in [0.15, 0.2) is 0 Å². The molecule has 1 atom stereocenters. The molecule has 0 saturated carbocycles. The number of phenolic OH excluding ortho intramolecular Hbond substituents is 1. The summed E-state index contributed by atoms with van der Waals surface area (Å²) in [5, 5.41) is 19.7. The Bertz CT molecular complexity index is 532. The summed E-state index contributed by atoms with van der Waals surface area (Å²) in [5.74, 6) is -4.79. The molecule has 0 bridgehead atoms. The summed E-state index contributed by atoms with van der Waals surface area (Å²) in [5.41, 5.74) is 4.38. The van der Waals surface area contributed by atoms with E-state index < -0.39 is 41.6 Å². The number of benzene rings is 1. The largest absolute Gasteiger partial charge is 0.508 e. The van der Waals surface area contributed by atoms with Crippen LogP contribution in [0, 0.1) is 5.82 Å². The molecule has 19 heavy (non-hydrogen) atoms. The van der Waals surface area contributed by atoms with Crippen LogP contribution in [0.25, 0.3) is 0 Å². The summed E-state index contributed by atoms with van der Waals surface area (Å²) in [6.45, 7) is 0. The number of phenols is 1. The van der Waals surface area contributed by atoms with Gasteiger partial charge in [-0.1, -0.05) is 0 Å². The summed E-state index contributed by atoms with van der Waals surface area (Å²) in [4.78, 5) is 33.1. The van der Waals surface area contributed by atoms with E-state index in [1.807, 2.05) is 5.32 Å². The molecule has 0 saturated heterocycles. The Morgan fingerprint density at radius 2 is 2.00 bits per heavy atom. The molecule has 0 heterocycles. The van der Waals surface area contributed by atoms with Crippen LogP contribution in [0.15, 0.2) is 18.2 Å². The van der Waals surface area contributed by atoms with E-state index in [-0.39, 0.29) is 5.75 Å². The standard InChI is InChI=1S/C11H11FN2O5/c12-7-3-5(15)1-2-6(7)10(17)14-8(11(18)19)4-9(13)16/h1-3,8,15H,4H2,(H2,13,16)(H,14,17)(H,18,19)/t8-/m0/s1. The molecule has 102 valence electrons. The van der Waals surface area contributed by atoms with Crippen molar-refractivity contribution in [2.45, 2.75) is 12.5 Å². The second-order valence-electron chi connectivity index (χ2n) is 3.70. The zero-order valence-corrected chi connectivity index (χ0v) is 9.59. The van der Waals surface area contributed by atoms with Crippen LogP contribution in [0.4, 0.5) is 4.39 Å². The van der Waals surface area contributed by atoms with Gasteiger partial charge in [-0.2, -0.15) is 0 Å². The van der Waals surface area contributed by atoms with Crippen LogP contribution < -0.4 is 11.1 Å². The highest BCUT2D eigenvalue weighted by Crippen LogP contribution is 2.15. The van der Waals surface area contributed by atoms with E-state index in [2.05, 4.69) is 0 Å². The van der Waals surface area contributed by atoms with E-state index in [4.69, 9.17) is 15.9 Å². The first-order valence-electron chi connectivity index (χ1n) is 5.11. The number of aromatic hydroxyl groups is 1. The third kappa shape index (κ3) is 3.95. The summed E-state index contributed by atoms with van der Waals surface area (Å²) in [7, 11) is 0. The number of amides is 2. The van der Waals surface area contributed by atoms with Crippen molar-refractivity contribution < 1.29 is 29.0 Å². The van der Waals surface area contributed by atoms with Crippen molar-refractivity contribution in [3.8, 4) is 5.75 Å². The average molecular weight is 270 g/mol. The van der Waals surface area contributed by atoms with Gasteiger partial charge in [-0.25, -0.2) is 9.18 Å². The van der Waals surface area contributed by atoms with Crippen molar-refractivity contribution in [3.05, 3.63) is 29.6 Å². The highest BCUT2D eigenvalue weighted by atomic mass is 19.1. The van der Waals surface area contributed by atoms with Crippen molar-refractivity contribution in [1.29, 1.82) is 0 Å². The van der Waals surface area contributed by atoms with Crippen molar-refractivity contribution in [2.75, 3.05) is 0 Å². The lowest BCUT2D eigenvalue weighted by Crippen LogP contribution is -2.43. The lowest BCUT2D eigenvalue weighted by Gasteiger charge is -2.13. The molecule has 0 radical (unpaired) electrons. The second-order valence-corrected chi connectivity index (χ2v) is 3.70. The molecular formula is C11H11FN2O5. The molecule has 2 amide bonds. The summed E-state index contributed by atoms with van der Waals surface area (Å²) in [6.07, 6.45) is -0.610. The Hall–Kier alpha value is -2.64. The van der Waals surface area contributed by atoms with Crippen molar-refractivity contribution in [1.82, 2.24) is 5.32 Å². The van der Waals surface area contributed by atoms with Crippen molar-refractivity contribution in [3.63, 3.8) is 0 Å². The molecule has 8 heteroatoms. The first-order chi connectivity index (χ1) is 8.81. The minimum atomic E-state index is -1.54. The van der Waals surface area contributed by atoms with Crippen LogP contribution in [0.5, 0.6) is 5.75 Å². The van der Waals surface area contributed by atoms with Gasteiger partial charge < -0.3 is 21.3 Å². The fourth-order valence-corrected chi connectivity index (χ4v) is 1.33. The van der Waals surface area contributed by atoms with E-state index in [0.717, 1.165) is 12.1 Å². The quantitative estimate of drug-likeness (QED) is 0.578. The van der Waals surface area contributed by atoms with Crippen LogP contribution in [-0.4, -0.2) is 34.0 Å². The smallest absolute Gasteiger partial charge is 0.326 e. The Labute approximate surface area is 106 Å². The van der Waals surface area contributed by atoms with Crippen molar-refractivity contribution >= 4 is 17.8 Å². The number of halogens is 1. The van der Waals surface area contributed by atoms with Crippen LogP contribution in [-0.2, 0) is 9.59 Å². The van der Waals surface area contributed by atoms with E-state index in [1.54, 1.807) is 0 Å². The number of aliphatic carboxylic acids is 1. The molecule has 1 aromatic rings. The van der Waals surface area contributed by atoms with Gasteiger partial charge in [0.2, 0.25) is 5.91 Å². The lowest BCUT2D eigenvalue weighted by atomic mass is 10.1. The maximum atomic E-state index is 13.4. The molecule has 0 unspecified atom stereocenters. The monoisotopic (exact) mass is 270 g/mol. The molecule has 1 rings (SSSR count). The fraction of sp³-hybridized carbons (Fsp3) is 0.182. The number of primary amides is 1.